The fourth-order valence-corrected chi connectivity index (χ4v) is 4.87. The molecule has 1 aliphatic rings. The van der Waals surface area contributed by atoms with E-state index in [1.54, 1.807) is 0 Å². The third-order valence-corrected chi connectivity index (χ3v) is 6.32. The molecule has 0 aromatic heterocycles. The molecule has 0 atom stereocenters. The number of benzene rings is 2. The van der Waals surface area contributed by atoms with Gasteiger partial charge in [0, 0.05) is 25.0 Å². The minimum atomic E-state index is -0.205. The maximum atomic E-state index is 10.00. The van der Waals surface area contributed by atoms with E-state index >= 15 is 0 Å². The van der Waals surface area contributed by atoms with Crippen molar-refractivity contribution in [2.75, 3.05) is 0 Å². The maximum Gasteiger partial charge on any atom is 0.142 e. The van der Waals surface area contributed by atoms with Gasteiger partial charge in [0.2, 0.25) is 0 Å². The normalized spacial score (nSPS) is 17.0. The fourth-order valence-electron chi connectivity index (χ4n) is 3.66. The highest BCUT2D eigenvalue weighted by Gasteiger charge is 2.37. The van der Waals surface area contributed by atoms with Gasteiger partial charge >= 0.3 is 0 Å². The summed E-state index contributed by atoms with van der Waals surface area (Å²) in [6, 6.07) is 7.69. The first-order valence-corrected chi connectivity index (χ1v) is 9.65. The van der Waals surface area contributed by atoms with E-state index in [9.17, 15) is 10.2 Å². The molecule has 6 heteroatoms. The van der Waals surface area contributed by atoms with E-state index in [1.807, 2.05) is 24.3 Å². The molecular formula is C18H20O2S4. The number of phenols is 2. The minimum absolute atomic E-state index is 0.104. The van der Waals surface area contributed by atoms with Gasteiger partial charge < -0.3 is 10.2 Å². The second kappa shape index (κ2) is 6.98. The number of phenolic OH excluding ortho intramolecular Hbond substituents is 2. The van der Waals surface area contributed by atoms with Crippen LogP contribution in [0.4, 0.5) is 0 Å². The zero-order chi connectivity index (χ0) is 17.5. The van der Waals surface area contributed by atoms with Crippen LogP contribution in [0.25, 0.3) is 0 Å². The van der Waals surface area contributed by atoms with E-state index in [0.717, 1.165) is 36.8 Å². The van der Waals surface area contributed by atoms with Crippen molar-refractivity contribution < 1.29 is 10.2 Å². The molecule has 2 aromatic rings. The summed E-state index contributed by atoms with van der Waals surface area (Å²) in [5.74, 6) is 0.207. The van der Waals surface area contributed by atoms with Crippen molar-refractivity contribution >= 4 is 50.5 Å². The van der Waals surface area contributed by atoms with Crippen molar-refractivity contribution in [1.82, 2.24) is 0 Å². The molecular weight excluding hydrogens is 376 g/mol. The van der Waals surface area contributed by atoms with Crippen LogP contribution >= 0.6 is 50.5 Å². The van der Waals surface area contributed by atoms with Crippen molar-refractivity contribution in [3.05, 3.63) is 35.4 Å². The van der Waals surface area contributed by atoms with Crippen molar-refractivity contribution in [3.8, 4) is 11.5 Å². The van der Waals surface area contributed by atoms with Gasteiger partial charge in [-0.3, -0.25) is 0 Å². The predicted octanol–water partition coefficient (Wildman–Crippen LogP) is 5.50. The van der Waals surface area contributed by atoms with Gasteiger partial charge in [-0.1, -0.05) is 19.3 Å². The van der Waals surface area contributed by atoms with Gasteiger partial charge in [-0.05, 0) is 48.2 Å². The first-order valence-electron chi connectivity index (χ1n) is 7.86. The van der Waals surface area contributed by atoms with Crippen LogP contribution in [0.3, 0.4) is 0 Å². The van der Waals surface area contributed by atoms with E-state index < -0.39 is 0 Å². The van der Waals surface area contributed by atoms with Gasteiger partial charge in [0.05, 0.1) is 0 Å². The molecule has 0 heterocycles. The van der Waals surface area contributed by atoms with E-state index in [4.69, 9.17) is 0 Å². The molecule has 0 aliphatic heterocycles. The van der Waals surface area contributed by atoms with Crippen LogP contribution < -0.4 is 0 Å². The monoisotopic (exact) mass is 396 g/mol. The Morgan fingerprint density at radius 1 is 0.625 bits per heavy atom. The third-order valence-electron chi connectivity index (χ3n) is 4.95. The van der Waals surface area contributed by atoms with Gasteiger partial charge in [0.25, 0.3) is 0 Å². The van der Waals surface area contributed by atoms with Crippen molar-refractivity contribution in [1.29, 1.82) is 0 Å². The molecule has 1 fully saturated rings. The molecule has 2 aromatic carbocycles. The molecule has 2 N–H and O–H groups in total. The predicted molar refractivity (Wildman–Crippen MR) is 109 cm³/mol. The first-order chi connectivity index (χ1) is 11.3. The van der Waals surface area contributed by atoms with Crippen LogP contribution in [0.2, 0.25) is 0 Å². The summed E-state index contributed by atoms with van der Waals surface area (Å²) < 4.78 is 0. The highest BCUT2D eigenvalue weighted by atomic mass is 32.1. The highest BCUT2D eigenvalue weighted by molar-refractivity contribution is 7.81. The molecule has 24 heavy (non-hydrogen) atoms. The van der Waals surface area contributed by atoms with Crippen LogP contribution in [0.15, 0.2) is 43.8 Å². The second-order valence-corrected chi connectivity index (χ2v) is 8.30. The van der Waals surface area contributed by atoms with E-state index in [2.05, 4.69) is 50.5 Å². The van der Waals surface area contributed by atoms with Crippen LogP contribution in [0, 0.1) is 0 Å². The van der Waals surface area contributed by atoms with Gasteiger partial charge in [-0.25, -0.2) is 0 Å². The Morgan fingerprint density at radius 3 is 1.29 bits per heavy atom. The second-order valence-electron chi connectivity index (χ2n) is 6.37. The number of rotatable bonds is 2. The molecule has 2 nitrogen and oxygen atoms in total. The Morgan fingerprint density at radius 2 is 0.958 bits per heavy atom. The third kappa shape index (κ3) is 3.14. The zero-order valence-electron chi connectivity index (χ0n) is 13.0. The summed E-state index contributed by atoms with van der Waals surface area (Å²) in [4.78, 5) is 2.11. The number of aromatic hydroxyl groups is 2. The highest BCUT2D eigenvalue weighted by Crippen LogP contribution is 2.49. The van der Waals surface area contributed by atoms with E-state index in [0.29, 0.717) is 19.6 Å². The quantitative estimate of drug-likeness (QED) is 0.379. The van der Waals surface area contributed by atoms with Gasteiger partial charge in [-0.2, -0.15) is 0 Å². The Bertz CT molecular complexity index is 677. The summed E-state index contributed by atoms with van der Waals surface area (Å²) in [7, 11) is 0. The average molecular weight is 397 g/mol. The van der Waals surface area contributed by atoms with E-state index in [1.165, 1.54) is 6.42 Å². The summed E-state index contributed by atoms with van der Waals surface area (Å²) in [6.07, 6.45) is 5.43. The fraction of sp³-hybridized carbons (Fsp3) is 0.333. The van der Waals surface area contributed by atoms with Gasteiger partial charge in [-0.15, -0.1) is 50.5 Å². The Kier molecular flexibility index (Phi) is 5.30. The van der Waals surface area contributed by atoms with Crippen LogP contribution in [0.1, 0.15) is 43.2 Å². The molecule has 0 saturated heterocycles. The summed E-state index contributed by atoms with van der Waals surface area (Å²) >= 11 is 17.6. The lowest BCUT2D eigenvalue weighted by Crippen LogP contribution is -2.30. The topological polar surface area (TPSA) is 40.5 Å². The summed E-state index contributed by atoms with van der Waals surface area (Å²) in [5.41, 5.74) is 1.96. The molecule has 0 bridgehead atoms. The Balaban J connectivity index is 2.23. The smallest absolute Gasteiger partial charge is 0.142 e. The van der Waals surface area contributed by atoms with Crippen molar-refractivity contribution in [2.45, 2.75) is 57.1 Å². The molecule has 0 amide bonds. The first kappa shape index (κ1) is 18.2. The van der Waals surface area contributed by atoms with Gasteiger partial charge in [0.1, 0.15) is 11.5 Å². The number of hydrogen-bond acceptors (Lipinski definition) is 6. The lowest BCUT2D eigenvalue weighted by atomic mass is 9.65. The maximum absolute atomic E-state index is 10.00. The molecule has 1 saturated carbocycles. The lowest BCUT2D eigenvalue weighted by molar-refractivity contribution is 0.342. The Labute approximate surface area is 164 Å². The average Bonchev–Trinajstić information content (AvgIpc) is 2.57. The van der Waals surface area contributed by atoms with Crippen LogP contribution in [-0.4, -0.2) is 10.2 Å². The Hall–Kier alpha value is -0.560. The molecule has 0 radical (unpaired) electrons. The molecule has 1 aliphatic carbocycles. The van der Waals surface area contributed by atoms with Crippen molar-refractivity contribution in [3.63, 3.8) is 0 Å². The van der Waals surface area contributed by atoms with Crippen molar-refractivity contribution in [2.24, 2.45) is 0 Å². The number of hydrogen-bond donors (Lipinski definition) is 6. The summed E-state index contributed by atoms with van der Waals surface area (Å²) in [5, 5.41) is 20.0. The van der Waals surface area contributed by atoms with Gasteiger partial charge in [0.15, 0.2) is 0 Å². The SMILES string of the molecule is Oc1c(S)cc(C2(c3cc(S)c(O)c(S)c3)CCCCC2)cc1S. The zero-order valence-corrected chi connectivity index (χ0v) is 16.6. The van der Waals surface area contributed by atoms with Crippen LogP contribution in [-0.2, 0) is 5.41 Å². The van der Waals surface area contributed by atoms with Crippen LogP contribution in [0.5, 0.6) is 11.5 Å². The lowest BCUT2D eigenvalue weighted by Gasteiger charge is -2.39. The molecule has 0 unspecified atom stereocenters. The van der Waals surface area contributed by atoms with E-state index in [-0.39, 0.29) is 16.9 Å². The largest absolute Gasteiger partial charge is 0.506 e. The molecule has 0 spiro atoms. The molecule has 128 valence electrons. The standard InChI is InChI=1S/C18H20O2S4/c19-16-12(21)6-10(7-13(16)22)18(4-2-1-3-5-18)11-8-14(23)17(20)15(24)9-11/h6-9,19-24H,1-5H2. The molecule has 3 rings (SSSR count). The number of thiol groups is 4. The minimum Gasteiger partial charge on any atom is -0.506 e. The summed E-state index contributed by atoms with van der Waals surface area (Å²) in [6.45, 7) is 0.